The van der Waals surface area contributed by atoms with Crippen LogP contribution in [-0.2, 0) is 21.2 Å². The third kappa shape index (κ3) is 4.51. The van der Waals surface area contributed by atoms with E-state index >= 15 is 0 Å². The van der Waals surface area contributed by atoms with Crippen molar-refractivity contribution in [3.05, 3.63) is 65.7 Å². The van der Waals surface area contributed by atoms with Crippen molar-refractivity contribution in [3.8, 4) is 0 Å². The maximum absolute atomic E-state index is 13.8. The number of carbonyl (C=O) groups is 1. The monoisotopic (exact) mass is 394 g/mol. The van der Waals surface area contributed by atoms with Crippen LogP contribution < -0.4 is 0 Å². The maximum atomic E-state index is 13.8. The lowest BCUT2D eigenvalue weighted by Gasteiger charge is -2.34. The van der Waals surface area contributed by atoms with E-state index in [1.54, 1.807) is 17.0 Å². The van der Waals surface area contributed by atoms with E-state index in [-0.39, 0.29) is 49.2 Å². The normalized spacial score (nSPS) is 15.7. The van der Waals surface area contributed by atoms with Crippen LogP contribution in [0.1, 0.15) is 12.0 Å². The second kappa shape index (κ2) is 8.14. The van der Waals surface area contributed by atoms with Gasteiger partial charge < -0.3 is 4.90 Å². The molecule has 0 radical (unpaired) electrons. The van der Waals surface area contributed by atoms with Gasteiger partial charge in [-0.1, -0.05) is 24.3 Å². The quantitative estimate of drug-likeness (QED) is 0.783. The van der Waals surface area contributed by atoms with Gasteiger partial charge in [-0.3, -0.25) is 4.79 Å². The van der Waals surface area contributed by atoms with Crippen LogP contribution in [0.3, 0.4) is 0 Å². The summed E-state index contributed by atoms with van der Waals surface area (Å²) in [6.07, 6.45) is 0.762. The first kappa shape index (κ1) is 19.4. The molecule has 1 amide bonds. The predicted molar refractivity (Wildman–Crippen MR) is 96.5 cm³/mol. The zero-order valence-corrected chi connectivity index (χ0v) is 15.5. The van der Waals surface area contributed by atoms with E-state index in [2.05, 4.69) is 0 Å². The van der Waals surface area contributed by atoms with Crippen molar-refractivity contribution < 1.29 is 22.0 Å². The van der Waals surface area contributed by atoms with Crippen LogP contribution in [0, 0.1) is 11.6 Å². The second-order valence-electron chi connectivity index (χ2n) is 6.34. The molecule has 0 unspecified atom stereocenters. The number of aryl methyl sites for hydroxylation is 1. The largest absolute Gasteiger partial charge is 0.340 e. The van der Waals surface area contributed by atoms with E-state index < -0.39 is 15.8 Å². The number of nitrogens with zero attached hydrogens (tertiary/aromatic N) is 2. The van der Waals surface area contributed by atoms with Gasteiger partial charge in [-0.25, -0.2) is 17.2 Å². The summed E-state index contributed by atoms with van der Waals surface area (Å²) in [6, 6.07) is 11.3. The molecule has 144 valence electrons. The molecule has 5 nitrogen and oxygen atoms in total. The molecule has 3 rings (SSSR count). The van der Waals surface area contributed by atoms with Gasteiger partial charge in [0.05, 0.1) is 0 Å². The highest BCUT2D eigenvalue weighted by atomic mass is 32.2. The Bertz CT molecular complexity index is 909. The molecule has 0 saturated carbocycles. The summed E-state index contributed by atoms with van der Waals surface area (Å²) >= 11 is 0. The highest BCUT2D eigenvalue weighted by Crippen LogP contribution is 2.20. The molecule has 0 aromatic heterocycles. The SMILES string of the molecule is O=C(CCc1ccc(F)cc1)N1CCN(S(=O)(=O)c2ccccc2F)CC1. The average molecular weight is 394 g/mol. The zero-order valence-electron chi connectivity index (χ0n) is 14.6. The van der Waals surface area contributed by atoms with E-state index in [1.165, 1.54) is 34.6 Å². The van der Waals surface area contributed by atoms with E-state index in [0.717, 1.165) is 11.6 Å². The summed E-state index contributed by atoms with van der Waals surface area (Å²) in [5.41, 5.74) is 0.866. The second-order valence-corrected chi connectivity index (χ2v) is 8.25. The van der Waals surface area contributed by atoms with Crippen molar-refractivity contribution >= 4 is 15.9 Å². The van der Waals surface area contributed by atoms with E-state index in [1.807, 2.05) is 0 Å². The molecule has 1 heterocycles. The van der Waals surface area contributed by atoms with Crippen LogP contribution in [0.25, 0.3) is 0 Å². The molecule has 0 spiro atoms. The molecule has 27 heavy (non-hydrogen) atoms. The summed E-state index contributed by atoms with van der Waals surface area (Å²) in [6.45, 7) is 0.768. The fourth-order valence-corrected chi connectivity index (χ4v) is 4.52. The Morgan fingerprint density at radius 2 is 1.56 bits per heavy atom. The Balaban J connectivity index is 1.56. The van der Waals surface area contributed by atoms with Gasteiger partial charge in [-0.15, -0.1) is 0 Å². The Labute approximate surface area is 157 Å². The topological polar surface area (TPSA) is 57.7 Å². The van der Waals surface area contributed by atoms with Crippen LogP contribution in [0.4, 0.5) is 8.78 Å². The summed E-state index contributed by atoms with van der Waals surface area (Å²) < 4.78 is 53.1. The van der Waals surface area contributed by atoms with Gasteiger partial charge in [-0.05, 0) is 36.2 Å². The maximum Gasteiger partial charge on any atom is 0.246 e. The lowest BCUT2D eigenvalue weighted by atomic mass is 10.1. The average Bonchev–Trinajstić information content (AvgIpc) is 2.67. The van der Waals surface area contributed by atoms with Crippen LogP contribution in [-0.4, -0.2) is 49.7 Å². The molecule has 1 fully saturated rings. The number of hydrogen-bond donors (Lipinski definition) is 0. The molecule has 1 aliphatic heterocycles. The molecule has 1 saturated heterocycles. The van der Waals surface area contributed by atoms with Gasteiger partial charge in [0.25, 0.3) is 0 Å². The summed E-state index contributed by atoms with van der Waals surface area (Å²) in [7, 11) is -3.92. The van der Waals surface area contributed by atoms with Crippen LogP contribution in [0.15, 0.2) is 53.4 Å². The molecular formula is C19H20F2N2O3S. The first-order valence-corrected chi connectivity index (χ1v) is 10.1. The molecule has 0 aliphatic carbocycles. The van der Waals surface area contributed by atoms with Gasteiger partial charge in [0.2, 0.25) is 15.9 Å². The van der Waals surface area contributed by atoms with Crippen molar-refractivity contribution in [3.63, 3.8) is 0 Å². The van der Waals surface area contributed by atoms with Gasteiger partial charge in [0.15, 0.2) is 0 Å². The Morgan fingerprint density at radius 3 is 2.19 bits per heavy atom. The number of amides is 1. The smallest absolute Gasteiger partial charge is 0.246 e. The standard InChI is InChI=1S/C19H20F2N2O3S/c20-16-8-5-15(6-9-16)7-10-19(24)22-11-13-23(14-12-22)27(25,26)18-4-2-1-3-17(18)21/h1-6,8-9H,7,10-14H2. The van der Waals surface area contributed by atoms with Crippen molar-refractivity contribution in [2.45, 2.75) is 17.7 Å². The fourth-order valence-electron chi connectivity index (χ4n) is 3.03. The molecule has 1 aliphatic rings. The summed E-state index contributed by atoms with van der Waals surface area (Å²) in [5, 5.41) is 0. The fraction of sp³-hybridized carbons (Fsp3) is 0.316. The van der Waals surface area contributed by atoms with Crippen molar-refractivity contribution in [1.29, 1.82) is 0 Å². The first-order valence-electron chi connectivity index (χ1n) is 8.65. The molecule has 2 aromatic rings. The lowest BCUT2D eigenvalue weighted by molar-refractivity contribution is -0.132. The van der Waals surface area contributed by atoms with Gasteiger partial charge in [0, 0.05) is 32.6 Å². The number of rotatable bonds is 5. The number of piperazine rings is 1. The van der Waals surface area contributed by atoms with Crippen molar-refractivity contribution in [2.75, 3.05) is 26.2 Å². The molecular weight excluding hydrogens is 374 g/mol. The van der Waals surface area contributed by atoms with Crippen LogP contribution >= 0.6 is 0 Å². The zero-order chi connectivity index (χ0) is 19.4. The van der Waals surface area contributed by atoms with Gasteiger partial charge in [-0.2, -0.15) is 4.31 Å². The summed E-state index contributed by atoms with van der Waals surface area (Å²) in [5.74, 6) is -1.19. The third-order valence-electron chi connectivity index (χ3n) is 4.59. The van der Waals surface area contributed by atoms with Gasteiger partial charge >= 0.3 is 0 Å². The van der Waals surface area contributed by atoms with Crippen molar-refractivity contribution in [1.82, 2.24) is 9.21 Å². The van der Waals surface area contributed by atoms with Crippen LogP contribution in [0.5, 0.6) is 0 Å². The third-order valence-corrected chi connectivity index (χ3v) is 6.52. The molecule has 2 aromatic carbocycles. The minimum Gasteiger partial charge on any atom is -0.340 e. The van der Waals surface area contributed by atoms with E-state index in [4.69, 9.17) is 0 Å². The minimum atomic E-state index is -3.92. The van der Waals surface area contributed by atoms with Crippen molar-refractivity contribution in [2.24, 2.45) is 0 Å². The lowest BCUT2D eigenvalue weighted by Crippen LogP contribution is -2.50. The molecule has 8 heteroatoms. The Morgan fingerprint density at radius 1 is 0.926 bits per heavy atom. The molecule has 0 atom stereocenters. The number of benzene rings is 2. The van der Waals surface area contributed by atoms with E-state index in [0.29, 0.717) is 6.42 Å². The van der Waals surface area contributed by atoms with E-state index in [9.17, 15) is 22.0 Å². The Kier molecular flexibility index (Phi) is 5.86. The highest BCUT2D eigenvalue weighted by Gasteiger charge is 2.31. The van der Waals surface area contributed by atoms with Crippen LogP contribution in [0.2, 0.25) is 0 Å². The number of halogens is 2. The highest BCUT2D eigenvalue weighted by molar-refractivity contribution is 7.89. The summed E-state index contributed by atoms with van der Waals surface area (Å²) in [4.78, 5) is 13.6. The van der Waals surface area contributed by atoms with Gasteiger partial charge in [0.1, 0.15) is 16.5 Å². The predicted octanol–water partition coefficient (Wildman–Crippen LogP) is 2.43. The Hall–Kier alpha value is -2.32. The number of carbonyl (C=O) groups excluding carboxylic acids is 1. The molecule has 0 bridgehead atoms. The molecule has 0 N–H and O–H groups in total. The first-order chi connectivity index (χ1) is 12.9. The minimum absolute atomic E-state index is 0.0812. The number of hydrogen-bond acceptors (Lipinski definition) is 3. The number of sulfonamides is 1.